The summed E-state index contributed by atoms with van der Waals surface area (Å²) < 4.78 is 25.9. The van der Waals surface area contributed by atoms with Crippen LogP contribution in [0, 0.1) is 0 Å². The maximum Gasteiger partial charge on any atom is 0.326 e. The third kappa shape index (κ3) is 8.73. The molecule has 0 radical (unpaired) electrons. The molecule has 0 rings (SSSR count). The van der Waals surface area contributed by atoms with Crippen LogP contribution >= 0.6 is 0 Å². The third-order valence-electron chi connectivity index (χ3n) is 1.89. The Bertz CT molecular complexity index is 382. The van der Waals surface area contributed by atoms with E-state index in [2.05, 4.69) is 10.6 Å². The first-order valence-electron chi connectivity index (χ1n) is 5.03. The standard InChI is InChI=1S/C8H17N3O6S/c1-17-4-2-6(7(12)13)11-8(14)10-3-5-18(9,15)16/h6H,2-5H2,1H3,(H,12,13)(H2,9,15,16)(H2,10,11,14). The lowest BCUT2D eigenvalue weighted by molar-refractivity contribution is -0.139. The van der Waals surface area contributed by atoms with Crippen molar-refractivity contribution in [1.29, 1.82) is 0 Å². The Balaban J connectivity index is 4.06. The zero-order valence-electron chi connectivity index (χ0n) is 9.88. The number of ether oxygens (including phenoxy) is 1. The first-order valence-corrected chi connectivity index (χ1v) is 6.74. The number of hydrogen-bond acceptors (Lipinski definition) is 5. The van der Waals surface area contributed by atoms with Crippen molar-refractivity contribution in [1.82, 2.24) is 10.6 Å². The van der Waals surface area contributed by atoms with Crippen LogP contribution in [0.2, 0.25) is 0 Å². The SMILES string of the molecule is COCCC(NC(=O)NCCS(N)(=O)=O)C(=O)O. The van der Waals surface area contributed by atoms with Gasteiger partial charge < -0.3 is 20.5 Å². The number of carbonyl (C=O) groups excluding carboxylic acids is 1. The largest absolute Gasteiger partial charge is 0.480 e. The summed E-state index contributed by atoms with van der Waals surface area (Å²) in [5.41, 5.74) is 0. The first-order chi connectivity index (χ1) is 8.26. The van der Waals surface area contributed by atoms with Gasteiger partial charge in [0.2, 0.25) is 10.0 Å². The van der Waals surface area contributed by atoms with Gasteiger partial charge in [-0.05, 0) is 0 Å². The van der Waals surface area contributed by atoms with E-state index in [1.165, 1.54) is 7.11 Å². The van der Waals surface area contributed by atoms with E-state index in [4.69, 9.17) is 15.0 Å². The van der Waals surface area contributed by atoms with Crippen molar-refractivity contribution in [2.24, 2.45) is 5.14 Å². The van der Waals surface area contributed by atoms with Gasteiger partial charge >= 0.3 is 12.0 Å². The molecule has 0 aliphatic rings. The Morgan fingerprint density at radius 1 is 1.44 bits per heavy atom. The molecule has 0 spiro atoms. The molecule has 106 valence electrons. The van der Waals surface area contributed by atoms with Gasteiger partial charge in [-0.15, -0.1) is 0 Å². The van der Waals surface area contributed by atoms with Gasteiger partial charge in [0.25, 0.3) is 0 Å². The molecule has 1 atom stereocenters. The van der Waals surface area contributed by atoms with E-state index in [0.717, 1.165) is 0 Å². The van der Waals surface area contributed by atoms with Crippen molar-refractivity contribution in [3.05, 3.63) is 0 Å². The first kappa shape index (κ1) is 16.6. The monoisotopic (exact) mass is 283 g/mol. The fraction of sp³-hybridized carbons (Fsp3) is 0.750. The number of carbonyl (C=O) groups is 2. The van der Waals surface area contributed by atoms with E-state index in [9.17, 15) is 18.0 Å². The summed E-state index contributed by atoms with van der Waals surface area (Å²) in [5.74, 6) is -1.62. The van der Waals surface area contributed by atoms with Crippen molar-refractivity contribution in [3.8, 4) is 0 Å². The lowest BCUT2D eigenvalue weighted by atomic mass is 10.2. The molecule has 0 aromatic rings. The fourth-order valence-electron chi connectivity index (χ4n) is 1.01. The number of sulfonamides is 1. The van der Waals surface area contributed by atoms with Crippen LogP contribution in [0.15, 0.2) is 0 Å². The summed E-state index contributed by atoms with van der Waals surface area (Å²) in [6.45, 7) is -0.0181. The Morgan fingerprint density at radius 3 is 2.50 bits per heavy atom. The number of urea groups is 1. The van der Waals surface area contributed by atoms with Crippen molar-refractivity contribution in [3.63, 3.8) is 0 Å². The Hall–Kier alpha value is -1.39. The van der Waals surface area contributed by atoms with Gasteiger partial charge in [-0.3, -0.25) is 0 Å². The molecule has 0 heterocycles. The van der Waals surface area contributed by atoms with E-state index in [-0.39, 0.29) is 19.6 Å². The number of carboxylic acid groups (broad SMARTS) is 1. The zero-order valence-corrected chi connectivity index (χ0v) is 10.7. The van der Waals surface area contributed by atoms with Crippen LogP contribution < -0.4 is 15.8 Å². The molecule has 0 fully saturated rings. The van der Waals surface area contributed by atoms with Gasteiger partial charge in [-0.2, -0.15) is 0 Å². The number of methoxy groups -OCH3 is 1. The molecule has 9 nitrogen and oxygen atoms in total. The maximum absolute atomic E-state index is 11.2. The molecule has 10 heteroatoms. The van der Waals surface area contributed by atoms with Gasteiger partial charge in [-0.1, -0.05) is 0 Å². The van der Waals surface area contributed by atoms with Crippen LogP contribution in [0.5, 0.6) is 0 Å². The van der Waals surface area contributed by atoms with Crippen LogP contribution in [-0.2, 0) is 19.6 Å². The lowest BCUT2D eigenvalue weighted by Crippen LogP contribution is -2.47. The molecule has 5 N–H and O–H groups in total. The predicted molar refractivity (Wildman–Crippen MR) is 62.4 cm³/mol. The fourth-order valence-corrected chi connectivity index (χ4v) is 1.40. The molecule has 0 saturated heterocycles. The normalized spacial score (nSPS) is 12.8. The highest BCUT2D eigenvalue weighted by Gasteiger charge is 2.19. The Morgan fingerprint density at radius 2 is 2.06 bits per heavy atom. The highest BCUT2D eigenvalue weighted by Crippen LogP contribution is 1.92. The van der Waals surface area contributed by atoms with Crippen molar-refractivity contribution < 1.29 is 27.9 Å². The predicted octanol–water partition coefficient (Wildman–Crippen LogP) is -1.94. The average molecular weight is 283 g/mol. The second kappa shape index (κ2) is 7.84. The smallest absolute Gasteiger partial charge is 0.326 e. The minimum atomic E-state index is -3.66. The average Bonchev–Trinajstić information content (AvgIpc) is 2.21. The summed E-state index contributed by atoms with van der Waals surface area (Å²) in [6.07, 6.45) is 0.106. The van der Waals surface area contributed by atoms with Crippen LogP contribution in [0.25, 0.3) is 0 Å². The van der Waals surface area contributed by atoms with Gasteiger partial charge in [0.1, 0.15) is 6.04 Å². The Kier molecular flexibility index (Phi) is 7.24. The molecule has 0 aliphatic carbocycles. The van der Waals surface area contributed by atoms with Gasteiger partial charge in [0, 0.05) is 26.7 Å². The number of hydrogen-bond donors (Lipinski definition) is 4. The summed E-state index contributed by atoms with van der Waals surface area (Å²) in [4.78, 5) is 22.0. The molecule has 0 saturated carbocycles. The minimum absolute atomic E-state index is 0.106. The van der Waals surface area contributed by atoms with Crippen LogP contribution in [-0.4, -0.2) is 57.6 Å². The molecule has 1 unspecified atom stereocenters. The molecular weight excluding hydrogens is 266 g/mol. The molecule has 2 amide bonds. The van der Waals surface area contributed by atoms with E-state index in [1.54, 1.807) is 0 Å². The summed E-state index contributed by atoms with van der Waals surface area (Å²) in [6, 6.07) is -1.87. The third-order valence-corrected chi connectivity index (χ3v) is 2.66. The van der Waals surface area contributed by atoms with Gasteiger partial charge in [-0.25, -0.2) is 23.1 Å². The summed E-state index contributed by atoms with van der Waals surface area (Å²) >= 11 is 0. The minimum Gasteiger partial charge on any atom is -0.480 e. The van der Waals surface area contributed by atoms with Gasteiger partial charge in [0.15, 0.2) is 0 Å². The number of amides is 2. The highest BCUT2D eigenvalue weighted by atomic mass is 32.2. The molecule has 18 heavy (non-hydrogen) atoms. The molecule has 0 aliphatic heterocycles. The lowest BCUT2D eigenvalue weighted by Gasteiger charge is -2.14. The number of nitrogens with two attached hydrogens (primary N) is 1. The van der Waals surface area contributed by atoms with Crippen molar-refractivity contribution in [2.75, 3.05) is 26.0 Å². The van der Waals surface area contributed by atoms with E-state index in [0.29, 0.717) is 0 Å². The number of nitrogens with one attached hydrogen (secondary N) is 2. The van der Waals surface area contributed by atoms with E-state index in [1.807, 2.05) is 0 Å². The number of carboxylic acids is 1. The quantitative estimate of drug-likeness (QED) is 0.407. The van der Waals surface area contributed by atoms with Crippen molar-refractivity contribution in [2.45, 2.75) is 12.5 Å². The Labute approximate surface area is 105 Å². The molecule has 0 aromatic carbocycles. The second-order valence-electron chi connectivity index (χ2n) is 3.44. The maximum atomic E-state index is 11.2. The van der Waals surface area contributed by atoms with Crippen molar-refractivity contribution >= 4 is 22.0 Å². The number of primary sulfonamides is 1. The van der Waals surface area contributed by atoms with Crippen LogP contribution in [0.4, 0.5) is 4.79 Å². The summed E-state index contributed by atoms with van der Waals surface area (Å²) in [5, 5.41) is 17.9. The second-order valence-corrected chi connectivity index (χ2v) is 5.17. The molecular formula is C8H17N3O6S. The topological polar surface area (TPSA) is 148 Å². The number of aliphatic carboxylic acids is 1. The van der Waals surface area contributed by atoms with Crippen LogP contribution in [0.1, 0.15) is 6.42 Å². The highest BCUT2D eigenvalue weighted by molar-refractivity contribution is 7.89. The molecule has 0 bridgehead atoms. The van der Waals surface area contributed by atoms with Gasteiger partial charge in [0.05, 0.1) is 5.75 Å². The van der Waals surface area contributed by atoms with Crippen LogP contribution in [0.3, 0.4) is 0 Å². The van der Waals surface area contributed by atoms with E-state index >= 15 is 0 Å². The summed E-state index contributed by atoms with van der Waals surface area (Å²) in [7, 11) is -2.25. The zero-order chi connectivity index (χ0) is 14.2. The number of rotatable bonds is 8. The molecule has 0 aromatic heterocycles. The van der Waals surface area contributed by atoms with E-state index < -0.39 is 33.8 Å².